The molecule has 0 saturated carbocycles. The molecule has 0 saturated heterocycles. The third kappa shape index (κ3) is 3.69. The molecule has 0 aromatic heterocycles. The highest BCUT2D eigenvalue weighted by Gasteiger charge is 2.18. The summed E-state index contributed by atoms with van der Waals surface area (Å²) in [6.45, 7) is 0. The maximum absolute atomic E-state index is 10.9. The third-order valence-electron chi connectivity index (χ3n) is 3.08. The fourth-order valence-corrected chi connectivity index (χ4v) is 2.38. The average Bonchev–Trinajstić information content (AvgIpc) is 2.55. The number of phenolic OH excluding ortho intramolecular Hbond substituents is 1. The van der Waals surface area contributed by atoms with Crippen LogP contribution in [0.5, 0.6) is 17.2 Å². The molecule has 126 valence electrons. The number of rotatable bonds is 5. The molecule has 0 amide bonds. The van der Waals surface area contributed by atoms with E-state index in [4.69, 9.17) is 32.7 Å². The van der Waals surface area contributed by atoms with Gasteiger partial charge in [-0.05, 0) is 6.07 Å². The van der Waals surface area contributed by atoms with Crippen LogP contribution in [-0.2, 0) is 0 Å². The summed E-state index contributed by atoms with van der Waals surface area (Å²) in [6.07, 6.45) is 1.24. The molecule has 0 spiro atoms. The first-order chi connectivity index (χ1) is 11.4. The lowest BCUT2D eigenvalue weighted by Crippen LogP contribution is -1.93. The Hall–Kier alpha value is -2.51. The van der Waals surface area contributed by atoms with Gasteiger partial charge in [0.2, 0.25) is 5.75 Å². The Balaban J connectivity index is 2.50. The summed E-state index contributed by atoms with van der Waals surface area (Å²) in [7, 11) is 2.90. The molecule has 0 aliphatic heterocycles. The number of nitrogens with zero attached hydrogens (tertiary/aromatic N) is 2. The average molecular weight is 371 g/mol. The molecular weight excluding hydrogens is 359 g/mol. The van der Waals surface area contributed by atoms with Crippen LogP contribution in [0.25, 0.3) is 0 Å². The summed E-state index contributed by atoms with van der Waals surface area (Å²) in [6, 6.07) is 5.47. The zero-order valence-corrected chi connectivity index (χ0v) is 14.1. The van der Waals surface area contributed by atoms with E-state index in [0.717, 1.165) is 6.07 Å². The molecule has 1 N–H and O–H groups in total. The monoisotopic (exact) mass is 370 g/mol. The Labute approximate surface area is 147 Å². The van der Waals surface area contributed by atoms with E-state index in [1.54, 1.807) is 0 Å². The van der Waals surface area contributed by atoms with Gasteiger partial charge in [-0.15, -0.1) is 0 Å². The molecule has 7 nitrogen and oxygen atoms in total. The number of nitro benzene ring substituents is 1. The van der Waals surface area contributed by atoms with Crippen LogP contribution in [0.4, 0.5) is 11.4 Å². The summed E-state index contributed by atoms with van der Waals surface area (Å²) in [5.41, 5.74) is -0.0597. The largest absolute Gasteiger partial charge is 0.502 e. The Morgan fingerprint density at radius 3 is 2.42 bits per heavy atom. The Bertz CT molecular complexity index is 824. The number of hydrogen-bond acceptors (Lipinski definition) is 6. The van der Waals surface area contributed by atoms with Gasteiger partial charge in [0.25, 0.3) is 0 Å². The molecule has 0 bridgehead atoms. The van der Waals surface area contributed by atoms with Gasteiger partial charge in [-0.2, -0.15) is 0 Å². The van der Waals surface area contributed by atoms with Crippen LogP contribution in [0.2, 0.25) is 10.0 Å². The normalized spacial score (nSPS) is 10.8. The van der Waals surface area contributed by atoms with Gasteiger partial charge in [0.05, 0.1) is 24.2 Å². The molecule has 0 atom stereocenters. The zero-order valence-electron chi connectivity index (χ0n) is 12.6. The van der Waals surface area contributed by atoms with Crippen molar-refractivity contribution in [1.82, 2.24) is 0 Å². The molecule has 0 unspecified atom stereocenters. The van der Waals surface area contributed by atoms with Crippen LogP contribution in [0, 0.1) is 10.1 Å². The number of aliphatic imine (C=N–C) groups is 1. The maximum atomic E-state index is 10.9. The highest BCUT2D eigenvalue weighted by molar-refractivity contribution is 6.32. The molecule has 0 fully saturated rings. The molecule has 24 heavy (non-hydrogen) atoms. The van der Waals surface area contributed by atoms with E-state index in [0.29, 0.717) is 22.2 Å². The lowest BCUT2D eigenvalue weighted by atomic mass is 10.2. The van der Waals surface area contributed by atoms with Gasteiger partial charge in [0, 0.05) is 35.0 Å². The summed E-state index contributed by atoms with van der Waals surface area (Å²) in [5.74, 6) is 0.215. The van der Waals surface area contributed by atoms with Crippen molar-refractivity contribution in [2.45, 2.75) is 0 Å². The van der Waals surface area contributed by atoms with Gasteiger partial charge >= 0.3 is 5.69 Å². The molecule has 0 radical (unpaired) electrons. The fraction of sp³-hybridized carbons (Fsp3) is 0.133. The lowest BCUT2D eigenvalue weighted by Gasteiger charge is -2.09. The standard InChI is InChI=1S/C15H12Cl2N2O5/c1-23-13-6-11(14(24-2)5-10(13)17)18-7-8-3-9(16)4-12(15(8)20)19(21)22/h3-7,20H,1-2H3. The van der Waals surface area contributed by atoms with Crippen molar-refractivity contribution in [3.8, 4) is 17.2 Å². The summed E-state index contributed by atoms with van der Waals surface area (Å²) < 4.78 is 10.3. The molecule has 0 heterocycles. The SMILES string of the molecule is COc1cc(N=Cc2cc(Cl)cc([N+](=O)[O-])c2O)c(OC)cc1Cl. The van der Waals surface area contributed by atoms with Gasteiger partial charge in [-0.3, -0.25) is 15.1 Å². The van der Waals surface area contributed by atoms with Crippen molar-refractivity contribution in [2.75, 3.05) is 14.2 Å². The van der Waals surface area contributed by atoms with Gasteiger partial charge in [-0.1, -0.05) is 23.2 Å². The minimum Gasteiger partial charge on any atom is -0.502 e. The van der Waals surface area contributed by atoms with Crippen molar-refractivity contribution in [2.24, 2.45) is 4.99 Å². The summed E-state index contributed by atoms with van der Waals surface area (Å²) >= 11 is 11.8. The zero-order chi connectivity index (χ0) is 17.9. The Morgan fingerprint density at radius 2 is 1.83 bits per heavy atom. The molecule has 0 aliphatic carbocycles. The van der Waals surface area contributed by atoms with Crippen LogP contribution < -0.4 is 9.47 Å². The number of hydrogen-bond donors (Lipinski definition) is 1. The maximum Gasteiger partial charge on any atom is 0.312 e. The van der Waals surface area contributed by atoms with E-state index in [9.17, 15) is 15.2 Å². The quantitative estimate of drug-likeness (QED) is 0.478. The van der Waals surface area contributed by atoms with E-state index >= 15 is 0 Å². The highest BCUT2D eigenvalue weighted by atomic mass is 35.5. The van der Waals surface area contributed by atoms with Gasteiger partial charge in [0.15, 0.2) is 0 Å². The predicted octanol–water partition coefficient (Wildman–Crippen LogP) is 4.38. The summed E-state index contributed by atoms with van der Waals surface area (Å²) in [5, 5.41) is 21.3. The topological polar surface area (TPSA) is 94.2 Å². The van der Waals surface area contributed by atoms with Crippen molar-refractivity contribution in [3.05, 3.63) is 50.0 Å². The predicted molar refractivity (Wildman–Crippen MR) is 91.6 cm³/mol. The van der Waals surface area contributed by atoms with E-state index in [2.05, 4.69) is 4.99 Å². The minimum atomic E-state index is -0.732. The van der Waals surface area contributed by atoms with E-state index < -0.39 is 16.4 Å². The van der Waals surface area contributed by atoms with Crippen LogP contribution in [0.3, 0.4) is 0 Å². The Morgan fingerprint density at radius 1 is 1.17 bits per heavy atom. The molecule has 2 rings (SSSR count). The van der Waals surface area contributed by atoms with E-state index in [1.807, 2.05) is 0 Å². The van der Waals surface area contributed by atoms with Crippen molar-refractivity contribution in [3.63, 3.8) is 0 Å². The minimum absolute atomic E-state index is 0.0881. The highest BCUT2D eigenvalue weighted by Crippen LogP contribution is 2.38. The van der Waals surface area contributed by atoms with Gasteiger partial charge < -0.3 is 14.6 Å². The number of ether oxygens (including phenoxy) is 2. The van der Waals surface area contributed by atoms with Crippen LogP contribution in [0.1, 0.15) is 5.56 Å². The second-order valence-corrected chi connectivity index (χ2v) is 5.38. The second-order valence-electron chi connectivity index (χ2n) is 4.54. The van der Waals surface area contributed by atoms with Crippen molar-refractivity contribution < 1.29 is 19.5 Å². The number of benzene rings is 2. The number of phenols is 1. The van der Waals surface area contributed by atoms with Crippen LogP contribution >= 0.6 is 23.2 Å². The van der Waals surface area contributed by atoms with Crippen LogP contribution in [0.15, 0.2) is 29.3 Å². The number of nitro groups is 1. The van der Waals surface area contributed by atoms with E-state index in [1.165, 1.54) is 38.6 Å². The smallest absolute Gasteiger partial charge is 0.312 e. The third-order valence-corrected chi connectivity index (χ3v) is 3.59. The van der Waals surface area contributed by atoms with Crippen molar-refractivity contribution in [1.29, 1.82) is 0 Å². The number of methoxy groups -OCH3 is 2. The summed E-state index contributed by atoms with van der Waals surface area (Å²) in [4.78, 5) is 14.4. The first-order valence-corrected chi connectivity index (χ1v) is 7.25. The van der Waals surface area contributed by atoms with Crippen molar-refractivity contribution >= 4 is 40.8 Å². The number of aromatic hydroxyl groups is 1. The Kier molecular flexibility index (Phi) is 5.48. The van der Waals surface area contributed by atoms with Crippen LogP contribution in [-0.4, -0.2) is 30.5 Å². The molecule has 9 heteroatoms. The molecule has 0 aliphatic rings. The fourth-order valence-electron chi connectivity index (χ4n) is 1.93. The van der Waals surface area contributed by atoms with E-state index in [-0.39, 0.29) is 10.6 Å². The van der Waals surface area contributed by atoms with Gasteiger partial charge in [0.1, 0.15) is 17.2 Å². The molecule has 2 aromatic carbocycles. The van der Waals surface area contributed by atoms with Gasteiger partial charge in [-0.25, -0.2) is 0 Å². The molecule has 2 aromatic rings. The first-order valence-electron chi connectivity index (χ1n) is 6.49. The lowest BCUT2D eigenvalue weighted by molar-refractivity contribution is -0.385. The first kappa shape index (κ1) is 17.8. The second kappa shape index (κ2) is 7.37. The number of halogens is 2. The molecular formula is C15H12Cl2N2O5.